The minimum Gasteiger partial charge on any atom is -0.383 e. The van der Waals surface area contributed by atoms with E-state index < -0.39 is 0 Å². The molecule has 0 aromatic heterocycles. The first-order chi connectivity index (χ1) is 8.76. The molecule has 0 atom stereocenters. The summed E-state index contributed by atoms with van der Waals surface area (Å²) in [6.45, 7) is 5.17. The van der Waals surface area contributed by atoms with E-state index in [0.717, 1.165) is 57.6 Å². The Bertz CT molecular complexity index is 262. The second kappa shape index (κ2) is 8.87. The molecule has 0 aliphatic carbocycles. The molecule has 5 heteroatoms. The molecule has 0 aromatic carbocycles. The van der Waals surface area contributed by atoms with Crippen LogP contribution in [0.25, 0.3) is 0 Å². The Morgan fingerprint density at radius 3 is 2.67 bits per heavy atom. The second-order valence-corrected chi connectivity index (χ2v) is 5.48. The number of nitrogens with zero attached hydrogens (tertiary/aromatic N) is 2. The normalized spacial score (nSPS) is 18.8. The van der Waals surface area contributed by atoms with E-state index in [1.807, 2.05) is 0 Å². The number of alkyl halides is 1. The highest BCUT2D eigenvalue weighted by Crippen LogP contribution is 2.33. The van der Waals surface area contributed by atoms with E-state index in [9.17, 15) is 0 Å². The van der Waals surface area contributed by atoms with Gasteiger partial charge in [0.15, 0.2) is 0 Å². The smallest absolute Gasteiger partial charge is 0.0635 e. The maximum atomic E-state index is 8.73. The van der Waals surface area contributed by atoms with Gasteiger partial charge in [-0.05, 0) is 18.3 Å². The van der Waals surface area contributed by atoms with Crippen LogP contribution in [0, 0.1) is 16.7 Å². The molecule has 0 spiro atoms. The van der Waals surface area contributed by atoms with Crippen LogP contribution < -0.4 is 0 Å². The molecular weight excluding hydrogens is 296 g/mol. The van der Waals surface area contributed by atoms with Gasteiger partial charge >= 0.3 is 0 Å². The predicted molar refractivity (Wildman–Crippen MR) is 74.8 cm³/mol. The maximum Gasteiger partial charge on any atom is 0.0635 e. The Morgan fingerprint density at radius 1 is 1.39 bits per heavy atom. The number of halogens is 1. The average molecular weight is 319 g/mol. The number of hydrogen-bond donors (Lipinski definition) is 0. The number of hydrogen-bond acceptors (Lipinski definition) is 4. The van der Waals surface area contributed by atoms with E-state index in [1.165, 1.54) is 0 Å². The van der Waals surface area contributed by atoms with Gasteiger partial charge in [0, 0.05) is 51.7 Å². The Labute approximate surface area is 118 Å². The van der Waals surface area contributed by atoms with E-state index in [-0.39, 0.29) is 0 Å². The minimum absolute atomic E-state index is 0.293. The molecule has 0 N–H and O–H groups in total. The molecule has 1 aliphatic rings. The SMILES string of the molecule is COCCN(CCC#N)CC1(CBr)CCOCC1. The van der Waals surface area contributed by atoms with Crippen molar-refractivity contribution in [3.8, 4) is 6.07 Å². The van der Waals surface area contributed by atoms with Crippen molar-refractivity contribution in [1.82, 2.24) is 4.90 Å². The first-order valence-electron chi connectivity index (χ1n) is 6.48. The lowest BCUT2D eigenvalue weighted by Crippen LogP contribution is -2.44. The van der Waals surface area contributed by atoms with Crippen molar-refractivity contribution >= 4 is 15.9 Å². The van der Waals surface area contributed by atoms with Crippen molar-refractivity contribution in [3.63, 3.8) is 0 Å². The molecule has 0 bridgehead atoms. The summed E-state index contributed by atoms with van der Waals surface area (Å²) in [6.07, 6.45) is 2.77. The first-order valence-corrected chi connectivity index (χ1v) is 7.60. The van der Waals surface area contributed by atoms with Crippen LogP contribution >= 0.6 is 15.9 Å². The van der Waals surface area contributed by atoms with Crippen LogP contribution in [0.15, 0.2) is 0 Å². The number of nitriles is 1. The van der Waals surface area contributed by atoms with Gasteiger partial charge in [-0.2, -0.15) is 5.26 Å². The van der Waals surface area contributed by atoms with Crippen LogP contribution in [-0.4, -0.2) is 56.8 Å². The highest BCUT2D eigenvalue weighted by molar-refractivity contribution is 9.09. The number of methoxy groups -OCH3 is 1. The number of ether oxygens (including phenoxy) is 2. The quantitative estimate of drug-likeness (QED) is 0.642. The topological polar surface area (TPSA) is 45.5 Å². The molecule has 0 saturated carbocycles. The Hall–Kier alpha value is -0.150. The minimum atomic E-state index is 0.293. The van der Waals surface area contributed by atoms with E-state index in [1.54, 1.807) is 7.11 Å². The monoisotopic (exact) mass is 318 g/mol. The molecule has 1 aliphatic heterocycles. The molecule has 1 rings (SSSR count). The van der Waals surface area contributed by atoms with Crippen molar-refractivity contribution in [1.29, 1.82) is 5.26 Å². The first kappa shape index (κ1) is 15.9. The lowest BCUT2D eigenvalue weighted by molar-refractivity contribution is 0.00494. The highest BCUT2D eigenvalue weighted by Gasteiger charge is 2.33. The standard InChI is InChI=1S/C13H23BrN2O2/c1-17-10-7-16(6-2-5-15)12-13(11-14)3-8-18-9-4-13/h2-4,6-12H2,1H3. The zero-order valence-corrected chi connectivity index (χ0v) is 12.7. The fourth-order valence-corrected chi connectivity index (χ4v) is 3.05. The van der Waals surface area contributed by atoms with Gasteiger partial charge in [-0.25, -0.2) is 0 Å². The van der Waals surface area contributed by atoms with Gasteiger partial charge in [0.2, 0.25) is 0 Å². The van der Waals surface area contributed by atoms with Crippen LogP contribution in [0.1, 0.15) is 19.3 Å². The summed E-state index contributed by atoms with van der Waals surface area (Å²) in [7, 11) is 1.72. The van der Waals surface area contributed by atoms with Gasteiger partial charge in [-0.3, -0.25) is 4.90 Å². The molecule has 104 valence electrons. The highest BCUT2D eigenvalue weighted by atomic mass is 79.9. The van der Waals surface area contributed by atoms with Crippen LogP contribution in [0.2, 0.25) is 0 Å². The third kappa shape index (κ3) is 5.23. The van der Waals surface area contributed by atoms with Crippen LogP contribution in [0.5, 0.6) is 0 Å². The van der Waals surface area contributed by atoms with E-state index >= 15 is 0 Å². The average Bonchev–Trinajstić information content (AvgIpc) is 2.43. The van der Waals surface area contributed by atoms with Crippen molar-refractivity contribution in [3.05, 3.63) is 0 Å². The molecule has 0 aromatic rings. The van der Waals surface area contributed by atoms with Crippen LogP contribution in [0.4, 0.5) is 0 Å². The molecule has 18 heavy (non-hydrogen) atoms. The Balaban J connectivity index is 2.52. The second-order valence-electron chi connectivity index (χ2n) is 4.92. The van der Waals surface area contributed by atoms with E-state index in [0.29, 0.717) is 11.8 Å². The summed E-state index contributed by atoms with van der Waals surface area (Å²) < 4.78 is 10.6. The van der Waals surface area contributed by atoms with Gasteiger partial charge < -0.3 is 9.47 Å². The molecular formula is C13H23BrN2O2. The summed E-state index contributed by atoms with van der Waals surface area (Å²) in [6, 6.07) is 2.22. The van der Waals surface area contributed by atoms with E-state index in [4.69, 9.17) is 14.7 Å². The summed E-state index contributed by atoms with van der Waals surface area (Å²) in [4.78, 5) is 2.35. The van der Waals surface area contributed by atoms with Gasteiger partial charge in [0.05, 0.1) is 12.7 Å². The predicted octanol–water partition coefficient (Wildman–Crippen LogP) is 2.04. The molecule has 1 fully saturated rings. The molecule has 1 heterocycles. The zero-order chi connectivity index (χ0) is 13.3. The fraction of sp³-hybridized carbons (Fsp3) is 0.923. The van der Waals surface area contributed by atoms with Gasteiger partial charge in [0.1, 0.15) is 0 Å². The lowest BCUT2D eigenvalue weighted by Gasteiger charge is -2.39. The van der Waals surface area contributed by atoms with Gasteiger partial charge in [0.25, 0.3) is 0 Å². The van der Waals surface area contributed by atoms with Gasteiger partial charge in [-0.1, -0.05) is 15.9 Å². The summed E-state index contributed by atoms with van der Waals surface area (Å²) >= 11 is 3.65. The third-order valence-corrected chi connectivity index (χ3v) is 4.74. The fourth-order valence-electron chi connectivity index (χ4n) is 2.31. The molecule has 1 saturated heterocycles. The maximum absolute atomic E-state index is 8.73. The van der Waals surface area contributed by atoms with Crippen molar-refractivity contribution in [2.24, 2.45) is 5.41 Å². The molecule has 0 unspecified atom stereocenters. The van der Waals surface area contributed by atoms with Crippen molar-refractivity contribution in [2.75, 3.05) is 51.9 Å². The molecule has 0 amide bonds. The Kier molecular flexibility index (Phi) is 7.84. The van der Waals surface area contributed by atoms with E-state index in [2.05, 4.69) is 26.9 Å². The summed E-state index contributed by atoms with van der Waals surface area (Å²) in [5, 5.41) is 9.73. The summed E-state index contributed by atoms with van der Waals surface area (Å²) in [5.74, 6) is 0. The molecule has 4 nitrogen and oxygen atoms in total. The van der Waals surface area contributed by atoms with Crippen molar-refractivity contribution < 1.29 is 9.47 Å². The van der Waals surface area contributed by atoms with Crippen LogP contribution in [0.3, 0.4) is 0 Å². The summed E-state index contributed by atoms with van der Waals surface area (Å²) in [5.41, 5.74) is 0.293. The Morgan fingerprint density at radius 2 is 2.11 bits per heavy atom. The third-order valence-electron chi connectivity index (χ3n) is 3.55. The van der Waals surface area contributed by atoms with Crippen LogP contribution in [-0.2, 0) is 9.47 Å². The van der Waals surface area contributed by atoms with Gasteiger partial charge in [-0.15, -0.1) is 0 Å². The largest absolute Gasteiger partial charge is 0.383 e. The van der Waals surface area contributed by atoms with Crippen molar-refractivity contribution in [2.45, 2.75) is 19.3 Å². The molecule has 0 radical (unpaired) electrons. The number of rotatable bonds is 8. The lowest BCUT2D eigenvalue weighted by atomic mass is 9.82. The zero-order valence-electron chi connectivity index (χ0n) is 11.2.